The third-order valence-corrected chi connectivity index (χ3v) is 11.1. The molecular weight excluding hydrogens is 661 g/mol. The molecule has 2 aliphatic carbocycles. The number of furan rings is 1. The van der Waals surface area contributed by atoms with Gasteiger partial charge >= 0.3 is 0 Å². The van der Waals surface area contributed by atoms with Gasteiger partial charge in [0.15, 0.2) is 11.6 Å². The first kappa shape index (κ1) is 30.7. The van der Waals surface area contributed by atoms with E-state index in [1.54, 1.807) is 0 Å². The second-order valence-corrected chi connectivity index (χ2v) is 14.3. The van der Waals surface area contributed by atoms with Crippen LogP contribution in [-0.4, -0.2) is 19.5 Å². The van der Waals surface area contributed by atoms with Crippen LogP contribution >= 0.6 is 0 Å². The average molecular weight is 695 g/mol. The molecule has 0 saturated carbocycles. The molecule has 0 bridgehead atoms. The summed E-state index contributed by atoms with van der Waals surface area (Å²) >= 11 is 0. The Morgan fingerprint density at radius 1 is 0.574 bits per heavy atom. The number of aromatic nitrogens is 4. The highest BCUT2D eigenvalue weighted by Crippen LogP contribution is 2.41. The Morgan fingerprint density at radius 2 is 1.39 bits per heavy atom. The molecule has 0 N–H and O–H groups in total. The molecule has 54 heavy (non-hydrogen) atoms. The van der Waals surface area contributed by atoms with Crippen molar-refractivity contribution >= 4 is 60.1 Å². The smallest absolute Gasteiger partial charge is 0.163 e. The van der Waals surface area contributed by atoms with Crippen LogP contribution in [-0.2, 0) is 0 Å². The van der Waals surface area contributed by atoms with Gasteiger partial charge in [-0.25, -0.2) is 15.0 Å². The predicted octanol–water partition coefficient (Wildman–Crippen LogP) is 12.4. The summed E-state index contributed by atoms with van der Waals surface area (Å²) in [5.41, 5.74) is 8.33. The van der Waals surface area contributed by atoms with E-state index in [0.717, 1.165) is 63.3 Å². The lowest BCUT2D eigenvalue weighted by Crippen LogP contribution is -2.13. The van der Waals surface area contributed by atoms with Crippen LogP contribution in [0.25, 0.3) is 77.2 Å². The molecule has 6 aromatic carbocycles. The van der Waals surface area contributed by atoms with Gasteiger partial charge in [0.05, 0.1) is 22.1 Å². The summed E-state index contributed by atoms with van der Waals surface area (Å²) in [6.07, 6.45) is 16.8. The lowest BCUT2D eigenvalue weighted by Gasteiger charge is -2.22. The molecule has 2 unspecified atom stereocenters. The van der Waals surface area contributed by atoms with Gasteiger partial charge in [0, 0.05) is 39.1 Å². The fraction of sp³-hybridized carbons (Fsp3) is 0.0816. The molecule has 0 fully saturated rings. The number of allylic oxidation sites excluding steroid dienone is 8. The zero-order valence-corrected chi connectivity index (χ0v) is 29.4. The second-order valence-electron chi connectivity index (χ2n) is 14.3. The van der Waals surface area contributed by atoms with Crippen LogP contribution in [0.2, 0.25) is 0 Å². The maximum absolute atomic E-state index is 6.69. The summed E-state index contributed by atoms with van der Waals surface area (Å²) in [5, 5.41) is 7.05. The van der Waals surface area contributed by atoms with Gasteiger partial charge in [0.1, 0.15) is 17.0 Å². The Bertz CT molecular complexity index is 3070. The van der Waals surface area contributed by atoms with Crippen molar-refractivity contribution in [3.63, 3.8) is 0 Å². The van der Waals surface area contributed by atoms with E-state index in [-0.39, 0.29) is 11.8 Å². The Morgan fingerprint density at radius 3 is 2.28 bits per heavy atom. The molecule has 2 aliphatic rings. The third-order valence-electron chi connectivity index (χ3n) is 11.1. The molecule has 3 aromatic heterocycles. The Labute approximate surface area is 311 Å². The Hall–Kier alpha value is -6.85. The van der Waals surface area contributed by atoms with E-state index >= 15 is 0 Å². The molecule has 2 atom stereocenters. The van der Waals surface area contributed by atoms with Crippen molar-refractivity contribution in [2.24, 2.45) is 0 Å². The minimum absolute atomic E-state index is 0.0752. The Kier molecular flexibility index (Phi) is 7.05. The average Bonchev–Trinajstić information content (AvgIpc) is 3.78. The SMILES string of the molecule is C1=CCC(c2nc(C3=CC=CCC3c3ccccc3)nc(-c3ccc4c(c3)oc3cccc(-n5c6ccccc6c6cc7ccccc7cc65)c34)n2)C=C1. The topological polar surface area (TPSA) is 56.7 Å². The normalized spacial score (nSPS) is 17.0. The fourth-order valence-electron chi connectivity index (χ4n) is 8.50. The monoisotopic (exact) mass is 694 g/mol. The zero-order valence-electron chi connectivity index (χ0n) is 29.4. The molecule has 5 heteroatoms. The number of rotatable bonds is 5. The van der Waals surface area contributed by atoms with E-state index in [2.05, 4.69) is 174 Å². The zero-order chi connectivity index (χ0) is 35.6. The minimum Gasteiger partial charge on any atom is -0.456 e. The summed E-state index contributed by atoms with van der Waals surface area (Å²) in [5.74, 6) is 2.39. The quantitative estimate of drug-likeness (QED) is 0.180. The van der Waals surface area contributed by atoms with Gasteiger partial charge in [-0.1, -0.05) is 127 Å². The maximum atomic E-state index is 6.69. The van der Waals surface area contributed by atoms with Gasteiger partial charge in [-0.15, -0.1) is 0 Å². The summed E-state index contributed by atoms with van der Waals surface area (Å²) < 4.78 is 9.09. The minimum atomic E-state index is 0.0752. The van der Waals surface area contributed by atoms with Crippen molar-refractivity contribution in [2.45, 2.75) is 24.7 Å². The lowest BCUT2D eigenvalue weighted by atomic mass is 9.85. The molecule has 0 amide bonds. The van der Waals surface area contributed by atoms with E-state index in [0.29, 0.717) is 5.82 Å². The van der Waals surface area contributed by atoms with E-state index in [4.69, 9.17) is 19.4 Å². The first-order valence-corrected chi connectivity index (χ1v) is 18.7. The van der Waals surface area contributed by atoms with E-state index in [9.17, 15) is 0 Å². The fourth-order valence-corrected chi connectivity index (χ4v) is 8.50. The first-order valence-electron chi connectivity index (χ1n) is 18.7. The van der Waals surface area contributed by atoms with Crippen molar-refractivity contribution in [2.75, 3.05) is 0 Å². The van der Waals surface area contributed by atoms with Gasteiger partial charge in [-0.3, -0.25) is 0 Å². The van der Waals surface area contributed by atoms with E-state index < -0.39 is 0 Å². The first-order chi connectivity index (χ1) is 26.8. The molecule has 9 aromatic rings. The molecule has 0 aliphatic heterocycles. The van der Waals surface area contributed by atoms with Crippen LogP contribution < -0.4 is 0 Å². The highest BCUT2D eigenvalue weighted by atomic mass is 16.3. The number of hydrogen-bond donors (Lipinski definition) is 0. The summed E-state index contributed by atoms with van der Waals surface area (Å²) in [6.45, 7) is 0. The number of benzene rings is 6. The van der Waals surface area contributed by atoms with Gasteiger partial charge in [-0.05, 0) is 71.6 Å². The van der Waals surface area contributed by atoms with Crippen molar-refractivity contribution in [3.05, 3.63) is 187 Å². The second kappa shape index (κ2) is 12.4. The number of para-hydroxylation sites is 1. The highest BCUT2D eigenvalue weighted by Gasteiger charge is 2.25. The van der Waals surface area contributed by atoms with Gasteiger partial charge in [0.2, 0.25) is 0 Å². The van der Waals surface area contributed by atoms with Crippen molar-refractivity contribution in [1.29, 1.82) is 0 Å². The molecule has 0 radical (unpaired) electrons. The molecule has 5 nitrogen and oxygen atoms in total. The van der Waals surface area contributed by atoms with Gasteiger partial charge < -0.3 is 8.98 Å². The molecule has 3 heterocycles. The molecular formula is C49H34N4O. The van der Waals surface area contributed by atoms with Crippen LogP contribution in [0.15, 0.2) is 174 Å². The van der Waals surface area contributed by atoms with Gasteiger partial charge in [0.25, 0.3) is 0 Å². The number of hydrogen-bond acceptors (Lipinski definition) is 4. The highest BCUT2D eigenvalue weighted by molar-refractivity contribution is 6.16. The molecule has 256 valence electrons. The standard InChI is InChI=1S/C49H34N4O/c1-3-14-31(15-4-1)36-20-9-10-22-38(36)49-51-47(32-16-5-2-6-17-32)50-48(52-49)35-26-27-39-45(30-35)54-44-25-13-24-42(46(39)44)53-41-23-12-11-21-37(41)40-28-33-18-7-8-19-34(33)29-43(40)53/h1-16,18-19,21-30,32,36H,17,20H2. The van der Waals surface area contributed by atoms with E-state index in [1.165, 1.54) is 38.1 Å². The third kappa shape index (κ3) is 4.96. The van der Waals surface area contributed by atoms with E-state index in [1.807, 2.05) is 0 Å². The lowest BCUT2D eigenvalue weighted by molar-refractivity contribution is 0.669. The summed E-state index contributed by atoms with van der Waals surface area (Å²) in [7, 11) is 0. The largest absolute Gasteiger partial charge is 0.456 e. The number of nitrogens with zero attached hydrogens (tertiary/aromatic N) is 4. The van der Waals surface area contributed by atoms with Crippen LogP contribution in [0.3, 0.4) is 0 Å². The van der Waals surface area contributed by atoms with Crippen LogP contribution in [0.4, 0.5) is 0 Å². The molecule has 0 spiro atoms. The maximum Gasteiger partial charge on any atom is 0.163 e. The van der Waals surface area contributed by atoms with Crippen LogP contribution in [0, 0.1) is 0 Å². The van der Waals surface area contributed by atoms with Crippen LogP contribution in [0.1, 0.15) is 41.9 Å². The summed E-state index contributed by atoms with van der Waals surface area (Å²) in [4.78, 5) is 15.5. The Balaban J connectivity index is 1.09. The predicted molar refractivity (Wildman–Crippen MR) is 221 cm³/mol. The molecule has 11 rings (SSSR count). The van der Waals surface area contributed by atoms with Crippen molar-refractivity contribution in [3.8, 4) is 17.1 Å². The van der Waals surface area contributed by atoms with Crippen molar-refractivity contribution < 1.29 is 4.42 Å². The van der Waals surface area contributed by atoms with Gasteiger partial charge in [-0.2, -0.15) is 0 Å². The van der Waals surface area contributed by atoms with Crippen molar-refractivity contribution in [1.82, 2.24) is 19.5 Å². The molecule has 0 saturated heterocycles. The number of fused-ring (bicyclic) bond motifs is 7. The van der Waals surface area contributed by atoms with Crippen LogP contribution in [0.5, 0.6) is 0 Å². The summed E-state index contributed by atoms with van der Waals surface area (Å²) in [6, 6.07) is 45.3.